The van der Waals surface area contributed by atoms with E-state index in [-0.39, 0.29) is 11.6 Å². The van der Waals surface area contributed by atoms with E-state index in [1.807, 2.05) is 0 Å². The first-order valence-electron chi connectivity index (χ1n) is 4.97. The largest absolute Gasteiger partial charge is 0.291 e. The summed E-state index contributed by atoms with van der Waals surface area (Å²) >= 11 is 0. The Morgan fingerprint density at radius 3 is 2.00 bits per heavy atom. The predicted octanol–water partition coefficient (Wildman–Crippen LogP) is 2.75. The summed E-state index contributed by atoms with van der Waals surface area (Å²) in [5.41, 5.74) is -0.511. The van der Waals surface area contributed by atoms with Crippen molar-refractivity contribution in [3.05, 3.63) is 0 Å². The van der Waals surface area contributed by atoms with Gasteiger partial charge in [-0.25, -0.2) is 0 Å². The predicted molar refractivity (Wildman–Crippen MR) is 53.6 cm³/mol. The summed E-state index contributed by atoms with van der Waals surface area (Å²) in [5, 5.41) is 0. The minimum absolute atomic E-state index is 0.207. The molecule has 2 heteroatoms. The Morgan fingerprint density at radius 2 is 1.62 bits per heavy atom. The molecule has 0 aromatic heterocycles. The molecular formula is C11H20O2. The Bertz CT molecular complexity index is 187. The number of hydrogen-bond acceptors (Lipinski definition) is 2. The standard InChI is InChI=1S/C11H20O2/c1-5-6-7-8-9(12)10(13)11(2,3)4/h5-8H2,1-4H3. The van der Waals surface area contributed by atoms with Crippen LogP contribution in [0.25, 0.3) is 0 Å². The highest BCUT2D eigenvalue weighted by Gasteiger charge is 2.26. The smallest absolute Gasteiger partial charge is 0.203 e. The fourth-order valence-corrected chi connectivity index (χ4v) is 1.07. The average molecular weight is 184 g/mol. The molecule has 0 atom stereocenters. The maximum Gasteiger partial charge on any atom is 0.203 e. The van der Waals surface area contributed by atoms with Gasteiger partial charge in [-0.2, -0.15) is 0 Å². The van der Waals surface area contributed by atoms with Crippen LogP contribution in [-0.2, 0) is 9.59 Å². The van der Waals surface area contributed by atoms with Gasteiger partial charge in [0.05, 0.1) is 0 Å². The minimum Gasteiger partial charge on any atom is -0.291 e. The van der Waals surface area contributed by atoms with Crippen molar-refractivity contribution in [3.8, 4) is 0 Å². The summed E-state index contributed by atoms with van der Waals surface area (Å²) in [7, 11) is 0. The quantitative estimate of drug-likeness (QED) is 0.486. The number of unbranched alkanes of at least 4 members (excludes halogenated alkanes) is 2. The molecule has 0 aliphatic rings. The lowest BCUT2D eigenvalue weighted by molar-refractivity contribution is -0.141. The van der Waals surface area contributed by atoms with Crippen molar-refractivity contribution in [2.45, 2.75) is 53.4 Å². The molecular weight excluding hydrogens is 164 g/mol. The van der Waals surface area contributed by atoms with Crippen LogP contribution in [0, 0.1) is 5.41 Å². The van der Waals surface area contributed by atoms with Crippen molar-refractivity contribution in [1.29, 1.82) is 0 Å². The molecule has 0 fully saturated rings. The lowest BCUT2D eigenvalue weighted by atomic mass is 9.87. The lowest BCUT2D eigenvalue weighted by Gasteiger charge is -2.14. The van der Waals surface area contributed by atoms with Crippen LogP contribution in [0.15, 0.2) is 0 Å². The molecule has 0 aliphatic carbocycles. The fourth-order valence-electron chi connectivity index (χ4n) is 1.07. The van der Waals surface area contributed by atoms with Crippen molar-refractivity contribution in [1.82, 2.24) is 0 Å². The van der Waals surface area contributed by atoms with Gasteiger partial charge in [0, 0.05) is 11.8 Å². The zero-order chi connectivity index (χ0) is 10.5. The van der Waals surface area contributed by atoms with Crippen molar-refractivity contribution < 1.29 is 9.59 Å². The molecule has 0 unspecified atom stereocenters. The first-order valence-corrected chi connectivity index (χ1v) is 4.97. The van der Waals surface area contributed by atoms with Crippen LogP contribution in [0.5, 0.6) is 0 Å². The highest BCUT2D eigenvalue weighted by atomic mass is 16.2. The van der Waals surface area contributed by atoms with E-state index >= 15 is 0 Å². The van der Waals surface area contributed by atoms with Gasteiger partial charge in [0.2, 0.25) is 5.78 Å². The van der Waals surface area contributed by atoms with Gasteiger partial charge in [0.25, 0.3) is 0 Å². The topological polar surface area (TPSA) is 34.1 Å². The second-order valence-corrected chi connectivity index (χ2v) is 4.46. The molecule has 0 spiro atoms. The number of carbonyl (C=O) groups excluding carboxylic acids is 2. The summed E-state index contributed by atoms with van der Waals surface area (Å²) in [5.74, 6) is -0.440. The summed E-state index contributed by atoms with van der Waals surface area (Å²) in [6, 6.07) is 0. The van der Waals surface area contributed by atoms with Crippen LogP contribution in [0.4, 0.5) is 0 Å². The van der Waals surface area contributed by atoms with E-state index < -0.39 is 5.41 Å². The zero-order valence-electron chi connectivity index (χ0n) is 9.14. The summed E-state index contributed by atoms with van der Waals surface area (Å²) in [6.45, 7) is 7.43. The highest BCUT2D eigenvalue weighted by Crippen LogP contribution is 2.16. The second kappa shape index (κ2) is 5.15. The molecule has 0 aromatic rings. The molecule has 76 valence electrons. The van der Waals surface area contributed by atoms with Crippen molar-refractivity contribution >= 4 is 11.6 Å². The molecule has 0 amide bonds. The third kappa shape index (κ3) is 4.81. The molecule has 0 aromatic carbocycles. The molecule has 2 nitrogen and oxygen atoms in total. The van der Waals surface area contributed by atoms with Crippen molar-refractivity contribution in [2.24, 2.45) is 5.41 Å². The minimum atomic E-state index is -0.511. The van der Waals surface area contributed by atoms with Gasteiger partial charge >= 0.3 is 0 Å². The molecule has 0 rings (SSSR count). The van der Waals surface area contributed by atoms with Gasteiger partial charge in [0.1, 0.15) is 0 Å². The summed E-state index contributed by atoms with van der Waals surface area (Å²) < 4.78 is 0. The maximum absolute atomic E-state index is 11.4. The Labute approximate surface area is 80.7 Å². The van der Waals surface area contributed by atoms with Gasteiger partial charge < -0.3 is 0 Å². The monoisotopic (exact) mass is 184 g/mol. The van der Waals surface area contributed by atoms with Gasteiger partial charge in [-0.15, -0.1) is 0 Å². The molecule has 0 N–H and O–H groups in total. The molecule has 0 aliphatic heterocycles. The highest BCUT2D eigenvalue weighted by molar-refractivity contribution is 6.38. The van der Waals surface area contributed by atoms with Gasteiger partial charge in [-0.1, -0.05) is 40.5 Å². The summed E-state index contributed by atoms with van der Waals surface area (Å²) in [6.07, 6.45) is 3.38. The Hall–Kier alpha value is -0.660. The Balaban J connectivity index is 3.92. The Kier molecular flexibility index (Phi) is 4.89. The van der Waals surface area contributed by atoms with Crippen LogP contribution < -0.4 is 0 Å². The normalized spacial score (nSPS) is 11.4. The number of rotatable bonds is 5. The van der Waals surface area contributed by atoms with Gasteiger partial charge in [-0.05, 0) is 6.42 Å². The van der Waals surface area contributed by atoms with E-state index in [1.54, 1.807) is 20.8 Å². The van der Waals surface area contributed by atoms with E-state index in [2.05, 4.69) is 6.92 Å². The molecule has 0 heterocycles. The number of hydrogen-bond donors (Lipinski definition) is 0. The van der Waals surface area contributed by atoms with Crippen LogP contribution >= 0.6 is 0 Å². The van der Waals surface area contributed by atoms with Gasteiger partial charge in [-0.3, -0.25) is 9.59 Å². The van der Waals surface area contributed by atoms with Crippen LogP contribution in [0.1, 0.15) is 53.4 Å². The second-order valence-electron chi connectivity index (χ2n) is 4.46. The number of carbonyl (C=O) groups is 2. The van der Waals surface area contributed by atoms with Crippen molar-refractivity contribution in [2.75, 3.05) is 0 Å². The lowest BCUT2D eigenvalue weighted by Crippen LogP contribution is -2.28. The van der Waals surface area contributed by atoms with Crippen LogP contribution in [0.3, 0.4) is 0 Å². The molecule has 13 heavy (non-hydrogen) atoms. The molecule has 0 saturated carbocycles. The maximum atomic E-state index is 11.4. The first kappa shape index (κ1) is 12.3. The first-order chi connectivity index (χ1) is 5.89. The zero-order valence-corrected chi connectivity index (χ0v) is 9.14. The molecule has 0 radical (unpaired) electrons. The summed E-state index contributed by atoms with van der Waals surface area (Å²) in [4.78, 5) is 22.7. The number of ketones is 2. The molecule has 0 saturated heterocycles. The van der Waals surface area contributed by atoms with Crippen molar-refractivity contribution in [3.63, 3.8) is 0 Å². The SMILES string of the molecule is CCCCCC(=O)C(=O)C(C)(C)C. The fraction of sp³-hybridized carbons (Fsp3) is 0.818. The number of Topliss-reactive ketones (excluding diaryl/α,β-unsaturated/α-hetero) is 2. The third-order valence-electron chi connectivity index (χ3n) is 1.94. The van der Waals surface area contributed by atoms with E-state index in [0.717, 1.165) is 19.3 Å². The van der Waals surface area contributed by atoms with E-state index in [1.165, 1.54) is 0 Å². The third-order valence-corrected chi connectivity index (χ3v) is 1.94. The Morgan fingerprint density at radius 1 is 1.08 bits per heavy atom. The average Bonchev–Trinajstić information content (AvgIpc) is 2.01. The van der Waals surface area contributed by atoms with E-state index in [4.69, 9.17) is 0 Å². The molecule has 0 bridgehead atoms. The van der Waals surface area contributed by atoms with Crippen LogP contribution in [0.2, 0.25) is 0 Å². The van der Waals surface area contributed by atoms with Gasteiger partial charge in [0.15, 0.2) is 5.78 Å². The van der Waals surface area contributed by atoms with E-state index in [0.29, 0.717) is 6.42 Å². The van der Waals surface area contributed by atoms with Crippen LogP contribution in [-0.4, -0.2) is 11.6 Å². The van der Waals surface area contributed by atoms with E-state index in [9.17, 15) is 9.59 Å².